The number of nitrogens with zero attached hydrogens (tertiary/aromatic N) is 1. The van der Waals surface area contributed by atoms with E-state index >= 15 is 0 Å². The average Bonchev–Trinajstić information content (AvgIpc) is 2.80. The SMILES string of the molecule is CCN(CC(C)C(=O)OC)C(=O)c1ccc(OCC(=O)Nc2cccc(OC)c2)cc1. The van der Waals surface area contributed by atoms with Gasteiger partial charge in [-0.15, -0.1) is 0 Å². The number of carbonyl (C=O) groups excluding carboxylic acids is 3. The first kappa shape index (κ1) is 23.7. The molecule has 0 aliphatic heterocycles. The Balaban J connectivity index is 1.90. The minimum absolute atomic E-state index is 0.178. The van der Waals surface area contributed by atoms with Gasteiger partial charge in [0.25, 0.3) is 11.8 Å². The van der Waals surface area contributed by atoms with E-state index in [9.17, 15) is 14.4 Å². The van der Waals surface area contributed by atoms with Crippen LogP contribution in [0.5, 0.6) is 11.5 Å². The van der Waals surface area contributed by atoms with Crippen molar-refractivity contribution in [2.24, 2.45) is 5.92 Å². The first-order valence-corrected chi connectivity index (χ1v) is 9.91. The first-order chi connectivity index (χ1) is 14.9. The van der Waals surface area contributed by atoms with Crippen LogP contribution in [0.3, 0.4) is 0 Å². The van der Waals surface area contributed by atoms with Gasteiger partial charge in [-0.1, -0.05) is 13.0 Å². The molecule has 166 valence electrons. The quantitative estimate of drug-likeness (QED) is 0.585. The average molecular weight is 428 g/mol. The van der Waals surface area contributed by atoms with Gasteiger partial charge in [-0.3, -0.25) is 14.4 Å². The molecule has 1 N–H and O–H groups in total. The molecule has 2 aromatic rings. The van der Waals surface area contributed by atoms with Gasteiger partial charge in [-0.2, -0.15) is 0 Å². The molecule has 1 atom stereocenters. The number of anilines is 1. The summed E-state index contributed by atoms with van der Waals surface area (Å²) >= 11 is 0. The molecule has 0 bridgehead atoms. The second kappa shape index (κ2) is 11.6. The van der Waals surface area contributed by atoms with Crippen LogP contribution >= 0.6 is 0 Å². The van der Waals surface area contributed by atoms with Crippen molar-refractivity contribution in [1.82, 2.24) is 4.90 Å². The summed E-state index contributed by atoms with van der Waals surface area (Å²) in [6.45, 7) is 4.12. The number of hydrogen-bond donors (Lipinski definition) is 1. The number of esters is 1. The molecule has 2 aromatic carbocycles. The number of amides is 2. The van der Waals surface area contributed by atoms with E-state index < -0.39 is 5.92 Å². The van der Waals surface area contributed by atoms with Crippen LogP contribution in [0.25, 0.3) is 0 Å². The molecule has 2 amide bonds. The molecule has 8 nitrogen and oxygen atoms in total. The third-order valence-corrected chi connectivity index (χ3v) is 4.59. The Morgan fingerprint density at radius 3 is 2.35 bits per heavy atom. The molecular weight excluding hydrogens is 400 g/mol. The van der Waals surface area contributed by atoms with E-state index in [-0.39, 0.29) is 30.9 Å². The Labute approximate surface area is 182 Å². The predicted octanol–water partition coefficient (Wildman–Crippen LogP) is 2.98. The molecule has 2 rings (SSSR count). The summed E-state index contributed by atoms with van der Waals surface area (Å²) < 4.78 is 15.3. The highest BCUT2D eigenvalue weighted by atomic mass is 16.5. The molecule has 1 unspecified atom stereocenters. The number of hydrogen-bond acceptors (Lipinski definition) is 6. The van der Waals surface area contributed by atoms with Crippen LogP contribution in [0.1, 0.15) is 24.2 Å². The third kappa shape index (κ3) is 7.02. The van der Waals surface area contributed by atoms with Crippen molar-refractivity contribution in [3.63, 3.8) is 0 Å². The van der Waals surface area contributed by atoms with Gasteiger partial charge in [0.15, 0.2) is 6.61 Å². The molecule has 0 aliphatic carbocycles. The van der Waals surface area contributed by atoms with Crippen LogP contribution in [-0.4, -0.2) is 56.6 Å². The van der Waals surface area contributed by atoms with Crippen molar-refractivity contribution >= 4 is 23.5 Å². The molecule has 0 heterocycles. The van der Waals surface area contributed by atoms with E-state index in [4.69, 9.17) is 14.2 Å². The van der Waals surface area contributed by atoms with Crippen LogP contribution in [0.2, 0.25) is 0 Å². The number of methoxy groups -OCH3 is 2. The van der Waals surface area contributed by atoms with E-state index in [1.54, 1.807) is 67.5 Å². The van der Waals surface area contributed by atoms with Gasteiger partial charge in [0, 0.05) is 30.4 Å². The summed E-state index contributed by atoms with van der Waals surface area (Å²) in [7, 11) is 2.88. The molecule has 0 spiro atoms. The number of benzene rings is 2. The lowest BCUT2D eigenvalue weighted by molar-refractivity contribution is -0.145. The monoisotopic (exact) mass is 428 g/mol. The van der Waals surface area contributed by atoms with Crippen molar-refractivity contribution < 1.29 is 28.6 Å². The van der Waals surface area contributed by atoms with E-state index in [0.29, 0.717) is 29.3 Å². The lowest BCUT2D eigenvalue weighted by Gasteiger charge is -2.23. The van der Waals surface area contributed by atoms with Gasteiger partial charge >= 0.3 is 5.97 Å². The second-order valence-corrected chi connectivity index (χ2v) is 6.86. The van der Waals surface area contributed by atoms with Crippen LogP contribution in [0.15, 0.2) is 48.5 Å². The fraction of sp³-hybridized carbons (Fsp3) is 0.348. The molecular formula is C23H28N2O6. The van der Waals surface area contributed by atoms with Gasteiger partial charge < -0.3 is 24.4 Å². The Morgan fingerprint density at radius 2 is 1.74 bits per heavy atom. The zero-order chi connectivity index (χ0) is 22.8. The predicted molar refractivity (Wildman–Crippen MR) is 116 cm³/mol. The maximum atomic E-state index is 12.7. The summed E-state index contributed by atoms with van der Waals surface area (Å²) in [6, 6.07) is 13.5. The summed E-state index contributed by atoms with van der Waals surface area (Å²) in [6.07, 6.45) is 0. The zero-order valence-corrected chi connectivity index (χ0v) is 18.2. The lowest BCUT2D eigenvalue weighted by atomic mass is 10.1. The molecule has 0 fully saturated rings. The normalized spacial score (nSPS) is 11.2. The van der Waals surface area contributed by atoms with E-state index in [0.717, 1.165) is 0 Å². The standard InChI is InChI=1S/C23H28N2O6/c1-5-25(14-16(2)23(28)30-4)22(27)17-9-11-19(12-10-17)31-15-21(26)24-18-7-6-8-20(13-18)29-3/h6-13,16H,5,14-15H2,1-4H3,(H,24,26). The van der Waals surface area contributed by atoms with Crippen molar-refractivity contribution in [1.29, 1.82) is 0 Å². The van der Waals surface area contributed by atoms with Gasteiger partial charge in [-0.05, 0) is 43.3 Å². The van der Waals surface area contributed by atoms with Crippen molar-refractivity contribution in [2.75, 3.05) is 39.2 Å². The maximum Gasteiger partial charge on any atom is 0.310 e. The van der Waals surface area contributed by atoms with Crippen molar-refractivity contribution in [3.05, 3.63) is 54.1 Å². The highest BCUT2D eigenvalue weighted by molar-refractivity contribution is 5.94. The van der Waals surface area contributed by atoms with Crippen LogP contribution < -0.4 is 14.8 Å². The van der Waals surface area contributed by atoms with E-state index in [1.165, 1.54) is 7.11 Å². The van der Waals surface area contributed by atoms with Crippen LogP contribution in [0, 0.1) is 5.92 Å². The van der Waals surface area contributed by atoms with Crippen molar-refractivity contribution in [2.45, 2.75) is 13.8 Å². The minimum Gasteiger partial charge on any atom is -0.497 e. The second-order valence-electron chi connectivity index (χ2n) is 6.86. The van der Waals surface area contributed by atoms with Crippen molar-refractivity contribution in [3.8, 4) is 11.5 Å². The number of carbonyl (C=O) groups is 3. The molecule has 0 saturated heterocycles. The highest BCUT2D eigenvalue weighted by Crippen LogP contribution is 2.17. The van der Waals surface area contributed by atoms with E-state index in [2.05, 4.69) is 5.32 Å². The maximum absolute atomic E-state index is 12.7. The smallest absolute Gasteiger partial charge is 0.310 e. The fourth-order valence-electron chi connectivity index (χ4n) is 2.89. The summed E-state index contributed by atoms with van der Waals surface area (Å²) in [5.41, 5.74) is 1.07. The molecule has 8 heteroatoms. The number of nitrogens with one attached hydrogen (secondary N) is 1. The molecule has 0 aliphatic rings. The molecule has 0 saturated carbocycles. The fourth-order valence-corrected chi connectivity index (χ4v) is 2.89. The molecule has 0 aromatic heterocycles. The van der Waals surface area contributed by atoms with Gasteiger partial charge in [0.05, 0.1) is 20.1 Å². The molecule has 31 heavy (non-hydrogen) atoms. The first-order valence-electron chi connectivity index (χ1n) is 9.91. The number of ether oxygens (including phenoxy) is 3. The van der Waals surface area contributed by atoms with Gasteiger partial charge in [0.1, 0.15) is 11.5 Å². The Bertz CT molecular complexity index is 897. The number of rotatable bonds is 10. The van der Waals surface area contributed by atoms with E-state index in [1.807, 2.05) is 6.92 Å². The van der Waals surface area contributed by atoms with Gasteiger partial charge in [-0.25, -0.2) is 0 Å². The Morgan fingerprint density at radius 1 is 1.03 bits per heavy atom. The topological polar surface area (TPSA) is 94.2 Å². The molecule has 0 radical (unpaired) electrons. The highest BCUT2D eigenvalue weighted by Gasteiger charge is 2.21. The zero-order valence-electron chi connectivity index (χ0n) is 18.2. The van der Waals surface area contributed by atoms with Gasteiger partial charge in [0.2, 0.25) is 0 Å². The van der Waals surface area contributed by atoms with Crippen LogP contribution in [-0.2, 0) is 14.3 Å². The minimum atomic E-state index is -0.417. The summed E-state index contributed by atoms with van der Waals surface area (Å²) in [4.78, 5) is 38.0. The lowest BCUT2D eigenvalue weighted by Crippen LogP contribution is -2.37. The third-order valence-electron chi connectivity index (χ3n) is 4.59. The Kier molecular flexibility index (Phi) is 8.87. The van der Waals surface area contributed by atoms with Crippen LogP contribution in [0.4, 0.5) is 5.69 Å². The Hall–Kier alpha value is -3.55. The summed E-state index contributed by atoms with van der Waals surface area (Å²) in [5, 5.41) is 2.73. The largest absolute Gasteiger partial charge is 0.497 e. The summed E-state index contributed by atoms with van der Waals surface area (Å²) in [5.74, 6) is -0.186.